The molecule has 4 aliphatic heterocycles. The van der Waals surface area contributed by atoms with Crippen molar-refractivity contribution < 1.29 is 31.0 Å². The third-order valence-corrected chi connectivity index (χ3v) is 8.74. The monoisotopic (exact) mass is 526 g/mol. The Labute approximate surface area is 215 Å². The summed E-state index contributed by atoms with van der Waals surface area (Å²) in [4.78, 5) is 16.3. The van der Waals surface area contributed by atoms with E-state index in [4.69, 9.17) is 4.74 Å². The van der Waals surface area contributed by atoms with Crippen LogP contribution < -0.4 is 17.0 Å². The molecule has 6 rings (SSSR count). The minimum atomic E-state index is -0.706. The third kappa shape index (κ3) is 5.12. The first-order valence-electron chi connectivity index (χ1n) is 13.0. The van der Waals surface area contributed by atoms with E-state index in [-0.39, 0.29) is 29.1 Å². The van der Waals surface area contributed by atoms with Crippen molar-refractivity contribution in [3.05, 3.63) is 71.8 Å². The quantitative estimate of drug-likeness (QED) is 0.407. The van der Waals surface area contributed by atoms with E-state index >= 15 is 0 Å². The zero-order chi connectivity index (χ0) is 22.7. The van der Waals surface area contributed by atoms with Gasteiger partial charge in [-0.05, 0) is 44.0 Å². The van der Waals surface area contributed by atoms with Gasteiger partial charge in [0.25, 0.3) is 0 Å². The number of nitrogens with zero attached hydrogens (tertiary/aromatic N) is 2. The van der Waals surface area contributed by atoms with Gasteiger partial charge < -0.3 is 26.2 Å². The van der Waals surface area contributed by atoms with Crippen LogP contribution in [-0.2, 0) is 21.5 Å². The minimum absolute atomic E-state index is 0. The van der Waals surface area contributed by atoms with Gasteiger partial charge in [0.2, 0.25) is 0 Å². The fourth-order valence-corrected chi connectivity index (χ4v) is 6.47. The molecule has 34 heavy (non-hydrogen) atoms. The van der Waals surface area contributed by atoms with Gasteiger partial charge in [-0.3, -0.25) is 4.90 Å². The number of hydrogen-bond acceptors (Lipinski definition) is 3. The van der Waals surface area contributed by atoms with E-state index in [1.54, 1.807) is 0 Å². The Morgan fingerprint density at radius 2 is 1.59 bits per heavy atom. The largest absolute Gasteiger partial charge is 1.00 e. The maximum atomic E-state index is 13.9. The molecule has 4 heterocycles. The molecule has 0 spiro atoms. The maximum absolute atomic E-state index is 13.9. The van der Waals surface area contributed by atoms with E-state index in [0.29, 0.717) is 5.92 Å². The number of likely N-dealkylation sites (tertiary alicyclic amines) is 1. The molecule has 0 aromatic heterocycles. The summed E-state index contributed by atoms with van der Waals surface area (Å²) >= 11 is 0. The van der Waals surface area contributed by atoms with E-state index in [9.17, 15) is 4.79 Å². The Bertz CT molecular complexity index is 924. The first kappa shape index (κ1) is 25.4. The Morgan fingerprint density at radius 3 is 2.24 bits per heavy atom. The number of esters is 1. The number of ether oxygens (including phenoxy) is 1. The van der Waals surface area contributed by atoms with Gasteiger partial charge in [-0.25, -0.2) is 4.79 Å². The number of fused-ring (bicyclic) bond motifs is 3. The number of piperidine rings is 4. The lowest BCUT2D eigenvalue weighted by Gasteiger charge is -2.53. The Morgan fingerprint density at radius 1 is 0.971 bits per heavy atom. The van der Waals surface area contributed by atoms with Crippen molar-refractivity contribution in [2.24, 2.45) is 5.92 Å². The fraction of sp³-hybridized carbons (Fsp3) is 0.552. The highest BCUT2D eigenvalue weighted by atomic mass is 79.9. The summed E-state index contributed by atoms with van der Waals surface area (Å²) in [5.41, 5.74) is 1.77. The smallest absolute Gasteiger partial charge is 0.331 e. The number of carbonyl (C=O) groups is 1. The molecule has 0 saturated carbocycles. The highest BCUT2D eigenvalue weighted by molar-refractivity contribution is 5.82. The van der Waals surface area contributed by atoms with Crippen LogP contribution in [0.15, 0.2) is 60.7 Å². The van der Waals surface area contributed by atoms with Crippen molar-refractivity contribution >= 4 is 5.97 Å². The van der Waals surface area contributed by atoms with Crippen LogP contribution in [0.3, 0.4) is 0 Å². The summed E-state index contributed by atoms with van der Waals surface area (Å²) in [6.07, 6.45) is 7.06. The molecule has 4 nitrogen and oxygen atoms in total. The summed E-state index contributed by atoms with van der Waals surface area (Å²) in [7, 11) is 0. The van der Waals surface area contributed by atoms with Crippen LogP contribution in [0.1, 0.15) is 50.2 Å². The first-order valence-corrected chi connectivity index (χ1v) is 13.0. The molecular weight excluding hydrogens is 488 g/mol. The third-order valence-electron chi connectivity index (χ3n) is 8.74. The van der Waals surface area contributed by atoms with Crippen molar-refractivity contribution in [2.45, 2.75) is 57.1 Å². The van der Waals surface area contributed by atoms with Crippen molar-refractivity contribution in [3.8, 4) is 0 Å². The van der Waals surface area contributed by atoms with Gasteiger partial charge in [0, 0.05) is 25.2 Å². The molecule has 2 atom stereocenters. The van der Waals surface area contributed by atoms with E-state index in [1.165, 1.54) is 37.9 Å². The fourth-order valence-electron chi connectivity index (χ4n) is 6.47. The molecule has 5 heteroatoms. The number of quaternary nitrogens is 1. The van der Waals surface area contributed by atoms with Gasteiger partial charge in [-0.1, -0.05) is 67.1 Å². The van der Waals surface area contributed by atoms with E-state index in [2.05, 4.69) is 54.3 Å². The summed E-state index contributed by atoms with van der Waals surface area (Å²) < 4.78 is 7.59. The molecule has 2 aromatic rings. The first-order chi connectivity index (χ1) is 16.1. The van der Waals surface area contributed by atoms with Crippen LogP contribution in [0.5, 0.6) is 0 Å². The lowest BCUT2D eigenvalue weighted by atomic mass is 9.82. The molecule has 0 aliphatic carbocycles. The zero-order valence-electron chi connectivity index (χ0n) is 20.5. The number of rotatable bonds is 7. The van der Waals surface area contributed by atoms with Gasteiger partial charge in [-0.15, -0.1) is 0 Å². The van der Waals surface area contributed by atoms with Crippen LogP contribution >= 0.6 is 0 Å². The van der Waals surface area contributed by atoms with Crippen LogP contribution in [0.4, 0.5) is 0 Å². The normalized spacial score (nSPS) is 28.5. The predicted octanol–water partition coefficient (Wildman–Crippen LogP) is 1.79. The molecular formula is C29H39BrN2O2. The van der Waals surface area contributed by atoms with Crippen LogP contribution in [0.2, 0.25) is 0 Å². The second kappa shape index (κ2) is 10.9. The number of hydrogen-bond donors (Lipinski definition) is 0. The Balaban J connectivity index is 0.00000274. The molecule has 2 bridgehead atoms. The molecule has 2 aromatic carbocycles. The molecule has 4 aliphatic rings. The average Bonchev–Trinajstić information content (AvgIpc) is 2.89. The summed E-state index contributed by atoms with van der Waals surface area (Å²) in [5.74, 6) is 0.475. The molecule has 4 saturated heterocycles. The number of carbonyl (C=O) groups excluding carboxylic acids is 1. The summed E-state index contributed by atoms with van der Waals surface area (Å²) in [6.45, 7) is 8.61. The van der Waals surface area contributed by atoms with Gasteiger partial charge in [0.1, 0.15) is 12.1 Å². The number of benzene rings is 2. The SMILES string of the molecule is C[C@](C(=O)O[C@H]1C[N+]2(CCc3ccccc3)CCC1CC2)(c1ccccc1)N1CCCCC1.[Br-]. The average molecular weight is 528 g/mol. The van der Waals surface area contributed by atoms with E-state index in [0.717, 1.165) is 55.5 Å². The minimum Gasteiger partial charge on any atom is -1.00 e. The zero-order valence-corrected chi connectivity index (χ0v) is 22.1. The molecule has 0 N–H and O–H groups in total. The van der Waals surface area contributed by atoms with Crippen LogP contribution in [-0.4, -0.2) is 60.7 Å². The molecule has 0 radical (unpaired) electrons. The summed E-state index contributed by atoms with van der Waals surface area (Å²) in [6, 6.07) is 21.1. The molecule has 184 valence electrons. The lowest BCUT2D eigenvalue weighted by molar-refractivity contribution is -0.946. The molecule has 4 fully saturated rings. The van der Waals surface area contributed by atoms with Gasteiger partial charge >= 0.3 is 5.97 Å². The number of halogens is 1. The predicted molar refractivity (Wildman–Crippen MR) is 132 cm³/mol. The van der Waals surface area contributed by atoms with Crippen LogP contribution in [0, 0.1) is 5.92 Å². The van der Waals surface area contributed by atoms with Gasteiger partial charge in [0.15, 0.2) is 6.10 Å². The second-order valence-electron chi connectivity index (χ2n) is 10.7. The molecule has 0 amide bonds. The van der Waals surface area contributed by atoms with Crippen molar-refractivity contribution in [3.63, 3.8) is 0 Å². The Kier molecular flexibility index (Phi) is 8.16. The van der Waals surface area contributed by atoms with Gasteiger partial charge in [-0.2, -0.15) is 0 Å². The highest BCUT2D eigenvalue weighted by Gasteiger charge is 2.50. The second-order valence-corrected chi connectivity index (χ2v) is 10.7. The molecule has 0 unspecified atom stereocenters. The topological polar surface area (TPSA) is 29.5 Å². The Hall–Kier alpha value is -1.69. The van der Waals surface area contributed by atoms with E-state index in [1.807, 2.05) is 18.2 Å². The van der Waals surface area contributed by atoms with Crippen molar-refractivity contribution in [1.29, 1.82) is 0 Å². The summed E-state index contributed by atoms with van der Waals surface area (Å²) in [5, 5.41) is 0. The van der Waals surface area contributed by atoms with E-state index < -0.39 is 5.54 Å². The highest BCUT2D eigenvalue weighted by Crippen LogP contribution is 2.38. The van der Waals surface area contributed by atoms with Crippen LogP contribution in [0.25, 0.3) is 0 Å². The van der Waals surface area contributed by atoms with Crippen molar-refractivity contribution in [2.75, 3.05) is 39.3 Å². The van der Waals surface area contributed by atoms with Crippen molar-refractivity contribution in [1.82, 2.24) is 4.90 Å². The standard InChI is InChI=1S/C29H39N2O2.BrH/c1-29(26-13-7-3-8-14-26,30-18-9-4-10-19-30)28(32)33-27-23-31(21-16-25(27)17-22-31)20-15-24-11-5-2-6-12-24;/h2-3,5-8,11-14,25,27H,4,9-10,15-23H2,1H3;1H/q+1;/p-1/t25?,27-,29+,31?;/m0./s1. The van der Waals surface area contributed by atoms with Gasteiger partial charge in [0.05, 0.1) is 19.6 Å². The lowest BCUT2D eigenvalue weighted by Crippen LogP contribution is -3.00. The maximum Gasteiger partial charge on any atom is 0.331 e.